The van der Waals surface area contributed by atoms with Crippen molar-refractivity contribution in [1.29, 1.82) is 0 Å². The number of benzene rings is 2. The van der Waals surface area contributed by atoms with Crippen LogP contribution in [0.15, 0.2) is 41.4 Å². The van der Waals surface area contributed by atoms with Crippen LogP contribution >= 0.6 is 0 Å². The van der Waals surface area contributed by atoms with Crippen LogP contribution in [0.3, 0.4) is 0 Å². The lowest BCUT2D eigenvalue weighted by Gasteiger charge is -2.19. The number of rotatable bonds is 5. The van der Waals surface area contributed by atoms with E-state index in [4.69, 9.17) is 5.73 Å². The molecule has 0 unspecified atom stereocenters. The summed E-state index contributed by atoms with van der Waals surface area (Å²) in [4.78, 5) is 6.13. The standard InChI is InChI=1S/C20H26FN3/c1-5-14-9-8-10-17(12-14)24(4)20(22)23-18-13-15(6-2)11-16(7-3)19(18)21/h8-13H,5-7H2,1-4H3,(H2,22,23). The largest absolute Gasteiger partial charge is 0.369 e. The van der Waals surface area contributed by atoms with Gasteiger partial charge in [-0.3, -0.25) is 0 Å². The van der Waals surface area contributed by atoms with E-state index in [9.17, 15) is 4.39 Å². The molecule has 3 nitrogen and oxygen atoms in total. The van der Waals surface area contributed by atoms with Crippen molar-refractivity contribution < 1.29 is 4.39 Å². The van der Waals surface area contributed by atoms with Gasteiger partial charge >= 0.3 is 0 Å². The average molecular weight is 327 g/mol. The fourth-order valence-electron chi connectivity index (χ4n) is 2.59. The molecule has 2 N–H and O–H groups in total. The highest BCUT2D eigenvalue weighted by atomic mass is 19.1. The zero-order valence-corrected chi connectivity index (χ0v) is 14.9. The van der Waals surface area contributed by atoms with Gasteiger partial charge in [-0.1, -0.05) is 39.0 Å². The maximum absolute atomic E-state index is 14.6. The van der Waals surface area contributed by atoms with Gasteiger partial charge < -0.3 is 10.6 Å². The zero-order chi connectivity index (χ0) is 17.7. The van der Waals surface area contributed by atoms with Crippen LogP contribution in [0.5, 0.6) is 0 Å². The SMILES string of the molecule is CCc1cccc(N(C)C(N)=Nc2cc(CC)cc(CC)c2F)c1. The van der Waals surface area contributed by atoms with E-state index in [0.717, 1.165) is 24.1 Å². The Morgan fingerprint density at radius 3 is 2.38 bits per heavy atom. The monoisotopic (exact) mass is 327 g/mol. The van der Waals surface area contributed by atoms with Gasteiger partial charge in [0.1, 0.15) is 5.69 Å². The van der Waals surface area contributed by atoms with Crippen LogP contribution in [0.25, 0.3) is 0 Å². The summed E-state index contributed by atoms with van der Waals surface area (Å²) in [5, 5.41) is 0. The minimum absolute atomic E-state index is 0.275. The topological polar surface area (TPSA) is 41.6 Å². The normalized spacial score (nSPS) is 11.6. The van der Waals surface area contributed by atoms with Gasteiger partial charge in [0.2, 0.25) is 5.96 Å². The summed E-state index contributed by atoms with van der Waals surface area (Å²) in [6.45, 7) is 6.09. The maximum Gasteiger partial charge on any atom is 0.200 e. The van der Waals surface area contributed by atoms with Gasteiger partial charge in [0, 0.05) is 12.7 Å². The van der Waals surface area contributed by atoms with Crippen LogP contribution in [0.2, 0.25) is 0 Å². The number of hydrogen-bond acceptors (Lipinski definition) is 1. The van der Waals surface area contributed by atoms with E-state index in [0.29, 0.717) is 17.7 Å². The second kappa shape index (κ2) is 7.95. The van der Waals surface area contributed by atoms with Gasteiger partial charge in [-0.15, -0.1) is 0 Å². The van der Waals surface area contributed by atoms with E-state index < -0.39 is 0 Å². The van der Waals surface area contributed by atoms with Crippen LogP contribution in [0, 0.1) is 5.82 Å². The van der Waals surface area contributed by atoms with E-state index >= 15 is 0 Å². The second-order valence-corrected chi connectivity index (χ2v) is 5.85. The Morgan fingerprint density at radius 2 is 1.75 bits per heavy atom. The number of guanidine groups is 1. The van der Waals surface area contributed by atoms with Gasteiger partial charge in [-0.2, -0.15) is 0 Å². The molecule has 0 aliphatic carbocycles. The van der Waals surface area contributed by atoms with Crippen LogP contribution in [0.1, 0.15) is 37.5 Å². The lowest BCUT2D eigenvalue weighted by atomic mass is 10.0. The molecule has 128 valence electrons. The lowest BCUT2D eigenvalue weighted by Crippen LogP contribution is -2.33. The molecule has 2 aromatic carbocycles. The molecule has 0 atom stereocenters. The molecule has 0 fully saturated rings. The van der Waals surface area contributed by atoms with E-state index in [1.807, 2.05) is 39.1 Å². The van der Waals surface area contributed by atoms with E-state index in [1.165, 1.54) is 5.56 Å². The first-order valence-corrected chi connectivity index (χ1v) is 8.48. The first-order valence-electron chi connectivity index (χ1n) is 8.48. The highest BCUT2D eigenvalue weighted by Gasteiger charge is 2.11. The summed E-state index contributed by atoms with van der Waals surface area (Å²) in [5.41, 5.74) is 10.3. The number of anilines is 1. The van der Waals surface area contributed by atoms with Crippen molar-refractivity contribution in [2.45, 2.75) is 40.0 Å². The molecule has 0 radical (unpaired) electrons. The molecule has 0 spiro atoms. The highest BCUT2D eigenvalue weighted by Crippen LogP contribution is 2.25. The summed E-state index contributed by atoms with van der Waals surface area (Å²) in [6, 6.07) is 11.8. The number of aliphatic imine (C=N–C) groups is 1. The molecule has 0 aliphatic rings. The quantitative estimate of drug-likeness (QED) is 0.644. The molecular formula is C20H26FN3. The Labute approximate surface area is 144 Å². The van der Waals surface area contributed by atoms with Gasteiger partial charge in [0.05, 0.1) is 0 Å². The molecule has 0 aromatic heterocycles. The predicted octanol–water partition coefficient (Wildman–Crippen LogP) is 4.60. The Morgan fingerprint density at radius 1 is 1.04 bits per heavy atom. The van der Waals surface area contributed by atoms with Crippen molar-refractivity contribution >= 4 is 17.3 Å². The first-order chi connectivity index (χ1) is 11.5. The summed E-state index contributed by atoms with van der Waals surface area (Å²) in [6.07, 6.45) is 2.42. The van der Waals surface area contributed by atoms with E-state index in [2.05, 4.69) is 24.0 Å². The minimum atomic E-state index is -0.284. The molecule has 0 amide bonds. The summed E-state index contributed by atoms with van der Waals surface area (Å²) in [5.74, 6) is -0.00850. The Hall–Kier alpha value is -2.36. The maximum atomic E-state index is 14.6. The fourth-order valence-corrected chi connectivity index (χ4v) is 2.59. The van der Waals surface area contributed by atoms with Crippen LogP contribution in [0.4, 0.5) is 15.8 Å². The minimum Gasteiger partial charge on any atom is -0.369 e. The molecule has 24 heavy (non-hydrogen) atoms. The first kappa shape index (κ1) is 18.0. The number of aryl methyl sites for hydroxylation is 3. The molecule has 0 saturated heterocycles. The molecule has 4 heteroatoms. The lowest BCUT2D eigenvalue weighted by molar-refractivity contribution is 0.613. The number of nitrogens with zero attached hydrogens (tertiary/aromatic N) is 2. The molecule has 2 rings (SSSR count). The average Bonchev–Trinajstić information content (AvgIpc) is 2.62. The molecule has 2 aromatic rings. The van der Waals surface area contributed by atoms with Crippen molar-refractivity contribution in [1.82, 2.24) is 0 Å². The smallest absolute Gasteiger partial charge is 0.200 e. The molecular weight excluding hydrogens is 301 g/mol. The van der Waals surface area contributed by atoms with Crippen LogP contribution in [-0.2, 0) is 19.3 Å². The Kier molecular flexibility index (Phi) is 5.96. The van der Waals surface area contributed by atoms with Crippen molar-refractivity contribution in [3.63, 3.8) is 0 Å². The van der Waals surface area contributed by atoms with E-state index in [-0.39, 0.29) is 11.8 Å². The third-order valence-corrected chi connectivity index (χ3v) is 4.26. The molecule has 0 saturated carbocycles. The van der Waals surface area contributed by atoms with E-state index in [1.54, 1.807) is 11.0 Å². The predicted molar refractivity (Wildman–Crippen MR) is 101 cm³/mol. The summed E-state index contributed by atoms with van der Waals surface area (Å²) < 4.78 is 14.6. The Bertz CT molecular complexity index is 738. The molecule has 0 heterocycles. The third kappa shape index (κ3) is 3.94. The number of nitrogens with two attached hydrogens (primary N) is 1. The third-order valence-electron chi connectivity index (χ3n) is 4.26. The van der Waals surface area contributed by atoms with Gasteiger partial charge in [-0.25, -0.2) is 9.38 Å². The van der Waals surface area contributed by atoms with Crippen LogP contribution in [-0.4, -0.2) is 13.0 Å². The van der Waals surface area contributed by atoms with Crippen LogP contribution < -0.4 is 10.6 Å². The fraction of sp³-hybridized carbons (Fsp3) is 0.350. The van der Waals surface area contributed by atoms with Gasteiger partial charge in [0.25, 0.3) is 0 Å². The number of halogens is 1. The van der Waals surface area contributed by atoms with Gasteiger partial charge in [-0.05, 0) is 54.2 Å². The van der Waals surface area contributed by atoms with Gasteiger partial charge in [0.15, 0.2) is 5.82 Å². The van der Waals surface area contributed by atoms with Crippen molar-refractivity contribution in [3.05, 3.63) is 58.9 Å². The van der Waals surface area contributed by atoms with Crippen molar-refractivity contribution in [2.24, 2.45) is 10.7 Å². The summed E-state index contributed by atoms with van der Waals surface area (Å²) in [7, 11) is 1.84. The number of hydrogen-bond donors (Lipinski definition) is 1. The second-order valence-electron chi connectivity index (χ2n) is 5.85. The highest BCUT2D eigenvalue weighted by molar-refractivity contribution is 5.96. The molecule has 0 aliphatic heterocycles. The van der Waals surface area contributed by atoms with Crippen molar-refractivity contribution in [2.75, 3.05) is 11.9 Å². The zero-order valence-electron chi connectivity index (χ0n) is 14.9. The Balaban J connectivity index is 2.39. The van der Waals surface area contributed by atoms with Crippen molar-refractivity contribution in [3.8, 4) is 0 Å². The molecule has 0 bridgehead atoms. The summed E-state index contributed by atoms with van der Waals surface area (Å²) >= 11 is 0.